The molecule has 3 N–H and O–H groups in total. The average molecular weight is 341 g/mol. The maximum Gasteiger partial charge on any atom is 0.254 e. The molecule has 1 aliphatic heterocycles. The predicted octanol–water partition coefficient (Wildman–Crippen LogP) is 2.40. The highest BCUT2D eigenvalue weighted by Crippen LogP contribution is 2.22. The molecule has 0 aromatic heterocycles. The van der Waals surface area contributed by atoms with Crippen molar-refractivity contribution in [2.75, 3.05) is 18.4 Å². The van der Waals surface area contributed by atoms with E-state index >= 15 is 0 Å². The van der Waals surface area contributed by atoms with E-state index in [0.29, 0.717) is 12.2 Å². The monoisotopic (exact) mass is 341 g/mol. The molecular weight excluding hydrogens is 321 g/mol. The van der Waals surface area contributed by atoms with Crippen LogP contribution in [0.25, 0.3) is 0 Å². The summed E-state index contributed by atoms with van der Waals surface area (Å²) in [6, 6.07) is 12.0. The van der Waals surface area contributed by atoms with Crippen LogP contribution in [0.15, 0.2) is 42.5 Å². The molecule has 130 valence electrons. The molecule has 0 bridgehead atoms. The van der Waals surface area contributed by atoms with Gasteiger partial charge in [-0.25, -0.2) is 4.39 Å². The van der Waals surface area contributed by atoms with E-state index in [2.05, 4.69) is 22.0 Å². The van der Waals surface area contributed by atoms with Crippen molar-refractivity contribution in [1.82, 2.24) is 10.6 Å². The summed E-state index contributed by atoms with van der Waals surface area (Å²) >= 11 is 0. The van der Waals surface area contributed by atoms with Crippen LogP contribution in [-0.4, -0.2) is 24.9 Å². The van der Waals surface area contributed by atoms with Crippen LogP contribution in [0.5, 0.6) is 0 Å². The van der Waals surface area contributed by atoms with Crippen LogP contribution in [0.4, 0.5) is 10.1 Å². The minimum atomic E-state index is -0.622. The van der Waals surface area contributed by atoms with Crippen LogP contribution in [0.3, 0.4) is 0 Å². The summed E-state index contributed by atoms with van der Waals surface area (Å²) in [5.41, 5.74) is 2.72. The maximum absolute atomic E-state index is 14.0. The number of rotatable bonds is 4. The number of fused-ring (bicyclic) bond motifs is 1. The van der Waals surface area contributed by atoms with Gasteiger partial charge >= 0.3 is 0 Å². The summed E-state index contributed by atoms with van der Waals surface area (Å²) in [5.74, 6) is -1.40. The quantitative estimate of drug-likeness (QED) is 0.800. The smallest absolute Gasteiger partial charge is 0.254 e. The fourth-order valence-electron chi connectivity index (χ4n) is 3.05. The Kier molecular flexibility index (Phi) is 5.09. The van der Waals surface area contributed by atoms with Gasteiger partial charge in [-0.15, -0.1) is 0 Å². The van der Waals surface area contributed by atoms with Gasteiger partial charge < -0.3 is 16.0 Å². The Balaban J connectivity index is 1.70. The highest BCUT2D eigenvalue weighted by molar-refractivity contribution is 5.97. The fourth-order valence-corrected chi connectivity index (χ4v) is 3.05. The van der Waals surface area contributed by atoms with E-state index in [1.165, 1.54) is 30.7 Å². The lowest BCUT2D eigenvalue weighted by Crippen LogP contribution is -2.39. The first-order chi connectivity index (χ1) is 12.0. The van der Waals surface area contributed by atoms with E-state index in [1.54, 1.807) is 0 Å². The number of amides is 2. The number of benzene rings is 2. The van der Waals surface area contributed by atoms with Gasteiger partial charge in [0.25, 0.3) is 5.91 Å². The van der Waals surface area contributed by atoms with Crippen molar-refractivity contribution >= 4 is 17.5 Å². The molecule has 0 aliphatic carbocycles. The van der Waals surface area contributed by atoms with E-state index in [4.69, 9.17) is 0 Å². The second kappa shape index (κ2) is 7.44. The first kappa shape index (κ1) is 17.1. The predicted molar refractivity (Wildman–Crippen MR) is 93.9 cm³/mol. The lowest BCUT2D eigenvalue weighted by molar-refractivity contribution is -0.114. The van der Waals surface area contributed by atoms with Crippen LogP contribution >= 0.6 is 0 Å². The van der Waals surface area contributed by atoms with Crippen LogP contribution in [-0.2, 0) is 11.2 Å². The van der Waals surface area contributed by atoms with Crippen molar-refractivity contribution in [3.05, 3.63) is 65.0 Å². The molecule has 0 saturated heterocycles. The molecule has 1 heterocycles. The molecule has 2 amide bonds. The van der Waals surface area contributed by atoms with Gasteiger partial charge in [-0.2, -0.15) is 0 Å². The third-order valence-electron chi connectivity index (χ3n) is 4.21. The topological polar surface area (TPSA) is 70.2 Å². The zero-order valence-electron chi connectivity index (χ0n) is 13.9. The number of carbonyl (C=O) groups excluding carboxylic acids is 2. The van der Waals surface area contributed by atoms with Crippen LogP contribution in [0.2, 0.25) is 0 Å². The van der Waals surface area contributed by atoms with E-state index < -0.39 is 11.7 Å². The van der Waals surface area contributed by atoms with Gasteiger partial charge in [0.1, 0.15) is 5.82 Å². The molecule has 6 heteroatoms. The van der Waals surface area contributed by atoms with Crippen molar-refractivity contribution < 1.29 is 14.0 Å². The van der Waals surface area contributed by atoms with E-state index in [-0.39, 0.29) is 17.5 Å². The Morgan fingerprint density at radius 1 is 1.24 bits per heavy atom. The molecule has 5 nitrogen and oxygen atoms in total. The van der Waals surface area contributed by atoms with Crippen LogP contribution in [0.1, 0.15) is 34.5 Å². The van der Waals surface area contributed by atoms with Crippen molar-refractivity contribution in [3.8, 4) is 0 Å². The summed E-state index contributed by atoms with van der Waals surface area (Å²) in [7, 11) is 0. The maximum atomic E-state index is 14.0. The molecule has 0 fully saturated rings. The summed E-state index contributed by atoms with van der Waals surface area (Å²) in [6.07, 6.45) is 0.952. The summed E-state index contributed by atoms with van der Waals surface area (Å²) in [5, 5.41) is 8.69. The molecule has 0 radical (unpaired) electrons. The first-order valence-corrected chi connectivity index (χ1v) is 8.21. The van der Waals surface area contributed by atoms with Crippen molar-refractivity contribution in [2.24, 2.45) is 0 Å². The van der Waals surface area contributed by atoms with Gasteiger partial charge in [-0.05, 0) is 42.3 Å². The van der Waals surface area contributed by atoms with Gasteiger partial charge in [-0.3, -0.25) is 9.59 Å². The Morgan fingerprint density at radius 2 is 2.04 bits per heavy atom. The Bertz CT molecular complexity index is 807. The SMILES string of the molecule is CC(=O)Nc1ccc(F)c(C(=O)NCC2NCCc3ccccc32)c1. The number of anilines is 1. The minimum Gasteiger partial charge on any atom is -0.350 e. The Labute approximate surface area is 145 Å². The summed E-state index contributed by atoms with van der Waals surface area (Å²) in [6.45, 7) is 2.55. The summed E-state index contributed by atoms with van der Waals surface area (Å²) < 4.78 is 14.0. The fraction of sp³-hybridized carbons (Fsp3) is 0.263. The van der Waals surface area contributed by atoms with E-state index in [0.717, 1.165) is 18.5 Å². The molecule has 25 heavy (non-hydrogen) atoms. The first-order valence-electron chi connectivity index (χ1n) is 8.21. The van der Waals surface area contributed by atoms with Crippen LogP contribution < -0.4 is 16.0 Å². The molecule has 1 atom stereocenters. The van der Waals surface area contributed by atoms with Gasteiger partial charge in [0.15, 0.2) is 0 Å². The van der Waals surface area contributed by atoms with E-state index in [1.807, 2.05) is 18.2 Å². The Hall–Kier alpha value is -2.73. The second-order valence-electron chi connectivity index (χ2n) is 6.04. The van der Waals surface area contributed by atoms with Gasteiger partial charge in [-0.1, -0.05) is 24.3 Å². The number of halogens is 1. The molecule has 0 saturated carbocycles. The lowest BCUT2D eigenvalue weighted by Gasteiger charge is -2.27. The normalized spacial score (nSPS) is 16.0. The molecule has 1 aliphatic rings. The standard InChI is InChI=1S/C19H20FN3O2/c1-12(24)23-14-6-7-17(20)16(10-14)19(25)22-11-18-15-5-3-2-4-13(15)8-9-21-18/h2-7,10,18,21H,8-9,11H2,1H3,(H,22,25)(H,23,24). The second-order valence-corrected chi connectivity index (χ2v) is 6.04. The van der Waals surface area contributed by atoms with E-state index in [9.17, 15) is 14.0 Å². The highest BCUT2D eigenvalue weighted by atomic mass is 19.1. The highest BCUT2D eigenvalue weighted by Gasteiger charge is 2.20. The van der Waals surface area contributed by atoms with Crippen molar-refractivity contribution in [3.63, 3.8) is 0 Å². The minimum absolute atomic E-state index is 0.00418. The number of nitrogens with one attached hydrogen (secondary N) is 3. The number of hydrogen-bond donors (Lipinski definition) is 3. The lowest BCUT2D eigenvalue weighted by atomic mass is 9.94. The van der Waals surface area contributed by atoms with Gasteiger partial charge in [0.05, 0.1) is 5.56 Å². The molecule has 0 spiro atoms. The zero-order chi connectivity index (χ0) is 17.8. The average Bonchev–Trinajstić information content (AvgIpc) is 2.61. The van der Waals surface area contributed by atoms with Crippen LogP contribution in [0, 0.1) is 5.82 Å². The molecular formula is C19H20FN3O2. The number of hydrogen-bond acceptors (Lipinski definition) is 3. The third kappa shape index (κ3) is 4.03. The molecule has 3 rings (SSSR count). The van der Waals surface area contributed by atoms with Crippen molar-refractivity contribution in [2.45, 2.75) is 19.4 Å². The molecule has 2 aromatic rings. The largest absolute Gasteiger partial charge is 0.350 e. The summed E-state index contributed by atoms with van der Waals surface area (Å²) in [4.78, 5) is 23.5. The zero-order valence-corrected chi connectivity index (χ0v) is 13.9. The van der Waals surface area contributed by atoms with Gasteiger partial charge in [0.2, 0.25) is 5.91 Å². The molecule has 1 unspecified atom stereocenters. The van der Waals surface area contributed by atoms with Crippen molar-refractivity contribution in [1.29, 1.82) is 0 Å². The van der Waals surface area contributed by atoms with Gasteiger partial charge in [0, 0.05) is 25.2 Å². The molecule has 2 aromatic carbocycles. The third-order valence-corrected chi connectivity index (χ3v) is 4.21. The number of carbonyl (C=O) groups is 2. The Morgan fingerprint density at radius 3 is 2.84 bits per heavy atom.